The van der Waals surface area contributed by atoms with Gasteiger partial charge in [-0.25, -0.2) is 4.79 Å². The lowest BCUT2D eigenvalue weighted by Gasteiger charge is -2.13. The lowest BCUT2D eigenvalue weighted by Crippen LogP contribution is -2.20. The number of methoxy groups -OCH3 is 1. The summed E-state index contributed by atoms with van der Waals surface area (Å²) in [7, 11) is 1.60. The second-order valence-electron chi connectivity index (χ2n) is 7.48. The lowest BCUT2D eigenvalue weighted by atomic mass is 10.00. The van der Waals surface area contributed by atoms with Gasteiger partial charge >= 0.3 is 5.63 Å². The van der Waals surface area contributed by atoms with E-state index in [9.17, 15) is 9.59 Å². The fourth-order valence-corrected chi connectivity index (χ4v) is 3.49. The van der Waals surface area contributed by atoms with Crippen molar-refractivity contribution in [3.63, 3.8) is 0 Å². The smallest absolute Gasteiger partial charge is 0.336 e. The maximum atomic E-state index is 12.3. The van der Waals surface area contributed by atoms with Crippen molar-refractivity contribution in [3.05, 3.63) is 88.3 Å². The Morgan fingerprint density at radius 1 is 0.969 bits per heavy atom. The minimum Gasteiger partial charge on any atom is -0.497 e. The Bertz CT molecular complexity index is 1320. The highest BCUT2D eigenvalue weighted by Gasteiger charge is 2.14. The van der Waals surface area contributed by atoms with E-state index in [4.69, 9.17) is 13.9 Å². The molecule has 0 aliphatic rings. The molecule has 162 valence electrons. The van der Waals surface area contributed by atoms with Crippen LogP contribution in [0.15, 0.2) is 75.9 Å². The standard InChI is InChI=1S/C26H23NO5/c1-16-4-8-19(9-5-16)27-24(28)15-31-23-13-12-21-22(14-25(29)32-26(21)17(23)2)18-6-10-20(30-3)11-7-18/h4-14H,15H2,1-3H3,(H,27,28). The first-order chi connectivity index (χ1) is 15.4. The summed E-state index contributed by atoms with van der Waals surface area (Å²) in [6, 6.07) is 20.1. The first kappa shape index (κ1) is 21.2. The molecular formula is C26H23NO5. The Morgan fingerprint density at radius 3 is 2.38 bits per heavy atom. The molecular weight excluding hydrogens is 406 g/mol. The molecule has 0 fully saturated rings. The summed E-state index contributed by atoms with van der Waals surface area (Å²) in [5, 5.41) is 3.58. The average Bonchev–Trinajstić information content (AvgIpc) is 2.80. The average molecular weight is 429 g/mol. The van der Waals surface area contributed by atoms with E-state index in [-0.39, 0.29) is 12.5 Å². The minimum atomic E-state index is -0.458. The molecule has 4 rings (SSSR count). The van der Waals surface area contributed by atoms with E-state index in [0.29, 0.717) is 22.6 Å². The van der Waals surface area contributed by atoms with Crippen LogP contribution in [0.2, 0.25) is 0 Å². The molecule has 0 aliphatic heterocycles. The summed E-state index contributed by atoms with van der Waals surface area (Å²) in [5.74, 6) is 0.935. The molecule has 1 N–H and O–H groups in total. The molecule has 32 heavy (non-hydrogen) atoms. The molecule has 0 radical (unpaired) electrons. The largest absolute Gasteiger partial charge is 0.497 e. The van der Waals surface area contributed by atoms with Gasteiger partial charge in [0.15, 0.2) is 6.61 Å². The van der Waals surface area contributed by atoms with E-state index in [1.54, 1.807) is 20.1 Å². The number of anilines is 1. The molecule has 0 bridgehead atoms. The second kappa shape index (κ2) is 8.98. The van der Waals surface area contributed by atoms with E-state index >= 15 is 0 Å². The summed E-state index contributed by atoms with van der Waals surface area (Å²) in [5.41, 5.74) is 4.06. The zero-order valence-electron chi connectivity index (χ0n) is 18.1. The van der Waals surface area contributed by atoms with Gasteiger partial charge in [-0.3, -0.25) is 4.79 Å². The zero-order chi connectivity index (χ0) is 22.7. The van der Waals surface area contributed by atoms with Gasteiger partial charge in [0.2, 0.25) is 0 Å². The predicted molar refractivity (Wildman–Crippen MR) is 125 cm³/mol. The number of ether oxygens (including phenoxy) is 2. The van der Waals surface area contributed by atoms with Gasteiger partial charge in [0.05, 0.1) is 7.11 Å². The molecule has 0 atom stereocenters. The van der Waals surface area contributed by atoms with Crippen LogP contribution in [0.1, 0.15) is 11.1 Å². The molecule has 6 nitrogen and oxygen atoms in total. The summed E-state index contributed by atoms with van der Waals surface area (Å²) in [6.07, 6.45) is 0. The number of fused-ring (bicyclic) bond motifs is 1. The van der Waals surface area contributed by atoms with Crippen LogP contribution in [0.4, 0.5) is 5.69 Å². The number of aryl methyl sites for hydroxylation is 2. The number of nitrogens with one attached hydrogen (secondary N) is 1. The van der Waals surface area contributed by atoms with Crippen molar-refractivity contribution < 1.29 is 18.7 Å². The fourth-order valence-electron chi connectivity index (χ4n) is 3.49. The van der Waals surface area contributed by atoms with Crippen molar-refractivity contribution in [2.24, 2.45) is 0 Å². The van der Waals surface area contributed by atoms with Gasteiger partial charge in [-0.15, -0.1) is 0 Å². The third-order valence-corrected chi connectivity index (χ3v) is 5.21. The number of hydrogen-bond acceptors (Lipinski definition) is 5. The number of amides is 1. The molecule has 0 saturated heterocycles. The Balaban J connectivity index is 1.58. The van der Waals surface area contributed by atoms with Crippen molar-refractivity contribution in [3.8, 4) is 22.6 Å². The van der Waals surface area contributed by atoms with Crippen molar-refractivity contribution in [1.29, 1.82) is 0 Å². The highest BCUT2D eigenvalue weighted by atomic mass is 16.5. The Morgan fingerprint density at radius 2 is 1.69 bits per heavy atom. The van der Waals surface area contributed by atoms with Crippen LogP contribution >= 0.6 is 0 Å². The van der Waals surface area contributed by atoms with Gasteiger partial charge in [-0.1, -0.05) is 29.8 Å². The van der Waals surface area contributed by atoms with E-state index in [2.05, 4.69) is 5.32 Å². The quantitative estimate of drug-likeness (QED) is 0.431. The highest BCUT2D eigenvalue weighted by Crippen LogP contribution is 2.33. The summed E-state index contributed by atoms with van der Waals surface area (Å²) in [6.45, 7) is 3.62. The molecule has 6 heteroatoms. The van der Waals surface area contributed by atoms with Crippen molar-refractivity contribution in [2.45, 2.75) is 13.8 Å². The van der Waals surface area contributed by atoms with Crippen LogP contribution in [-0.2, 0) is 4.79 Å². The Labute approximate surface area is 185 Å². The normalized spacial score (nSPS) is 10.7. The molecule has 1 amide bonds. The van der Waals surface area contributed by atoms with Crippen molar-refractivity contribution >= 4 is 22.6 Å². The molecule has 0 unspecified atom stereocenters. The third-order valence-electron chi connectivity index (χ3n) is 5.21. The first-order valence-corrected chi connectivity index (χ1v) is 10.2. The topological polar surface area (TPSA) is 77.8 Å². The van der Waals surface area contributed by atoms with Crippen LogP contribution in [-0.4, -0.2) is 19.6 Å². The van der Waals surface area contributed by atoms with Crippen molar-refractivity contribution in [1.82, 2.24) is 0 Å². The van der Waals surface area contributed by atoms with E-state index < -0.39 is 5.63 Å². The molecule has 1 heterocycles. The maximum Gasteiger partial charge on any atom is 0.336 e. The Kier molecular flexibility index (Phi) is 5.94. The van der Waals surface area contributed by atoms with Gasteiger partial charge in [-0.05, 0) is 61.4 Å². The number of carbonyl (C=O) groups is 1. The number of carbonyl (C=O) groups excluding carboxylic acids is 1. The van der Waals surface area contributed by atoms with Gasteiger partial charge in [-0.2, -0.15) is 0 Å². The molecule has 0 aliphatic carbocycles. The molecule has 0 saturated carbocycles. The summed E-state index contributed by atoms with van der Waals surface area (Å²) >= 11 is 0. The second-order valence-corrected chi connectivity index (χ2v) is 7.48. The van der Waals surface area contributed by atoms with Crippen LogP contribution in [0, 0.1) is 13.8 Å². The SMILES string of the molecule is COc1ccc(-c2cc(=O)oc3c(C)c(OCC(=O)Nc4ccc(C)cc4)ccc23)cc1. The van der Waals surface area contributed by atoms with E-state index in [1.165, 1.54) is 6.07 Å². The molecule has 0 spiro atoms. The fraction of sp³-hybridized carbons (Fsp3) is 0.154. The van der Waals surface area contributed by atoms with Crippen LogP contribution < -0.4 is 20.4 Å². The lowest BCUT2D eigenvalue weighted by molar-refractivity contribution is -0.118. The first-order valence-electron chi connectivity index (χ1n) is 10.2. The maximum absolute atomic E-state index is 12.3. The number of benzene rings is 3. The summed E-state index contributed by atoms with van der Waals surface area (Å²) in [4.78, 5) is 24.5. The van der Waals surface area contributed by atoms with Crippen LogP contribution in [0.3, 0.4) is 0 Å². The minimum absolute atomic E-state index is 0.164. The number of rotatable bonds is 6. The molecule has 3 aromatic carbocycles. The van der Waals surface area contributed by atoms with Gasteiger partial charge in [0.25, 0.3) is 5.91 Å². The molecule has 1 aromatic heterocycles. The van der Waals surface area contributed by atoms with Crippen LogP contribution in [0.5, 0.6) is 11.5 Å². The van der Waals surface area contributed by atoms with Crippen molar-refractivity contribution in [2.75, 3.05) is 19.0 Å². The van der Waals surface area contributed by atoms with E-state index in [1.807, 2.05) is 61.5 Å². The predicted octanol–water partition coefficient (Wildman–Crippen LogP) is 5.10. The molecule has 4 aromatic rings. The number of hydrogen-bond donors (Lipinski definition) is 1. The Hall–Kier alpha value is -4.06. The van der Waals surface area contributed by atoms with Gasteiger partial charge in [0, 0.05) is 22.7 Å². The van der Waals surface area contributed by atoms with Gasteiger partial charge < -0.3 is 19.2 Å². The third kappa shape index (κ3) is 4.49. The van der Waals surface area contributed by atoms with Crippen LogP contribution in [0.25, 0.3) is 22.1 Å². The zero-order valence-corrected chi connectivity index (χ0v) is 18.1. The van der Waals surface area contributed by atoms with Gasteiger partial charge in [0.1, 0.15) is 17.1 Å². The monoisotopic (exact) mass is 429 g/mol. The van der Waals surface area contributed by atoms with E-state index in [0.717, 1.165) is 27.8 Å². The summed E-state index contributed by atoms with van der Waals surface area (Å²) < 4.78 is 16.4. The highest BCUT2D eigenvalue weighted by molar-refractivity contribution is 5.96.